The summed E-state index contributed by atoms with van der Waals surface area (Å²) >= 11 is 0. The van der Waals surface area contributed by atoms with Crippen molar-refractivity contribution in [3.05, 3.63) is 28.6 Å². The molecule has 0 amide bonds. The molecule has 0 aromatic carbocycles. The lowest BCUT2D eigenvalue weighted by molar-refractivity contribution is -0.384. The van der Waals surface area contributed by atoms with Gasteiger partial charge in [0.05, 0.1) is 4.92 Å². The Bertz CT molecular complexity index is 469. The van der Waals surface area contributed by atoms with Crippen molar-refractivity contribution in [2.24, 2.45) is 0 Å². The second-order valence-corrected chi connectivity index (χ2v) is 6.37. The highest BCUT2D eigenvalue weighted by atomic mass is 16.6. The van der Waals surface area contributed by atoms with Crippen LogP contribution in [0.1, 0.15) is 71.1 Å². The van der Waals surface area contributed by atoms with E-state index >= 15 is 0 Å². The van der Waals surface area contributed by atoms with Crippen molar-refractivity contribution in [2.75, 3.05) is 25.1 Å². The average molecular weight is 351 g/mol. The van der Waals surface area contributed by atoms with Crippen LogP contribution in [-0.4, -0.2) is 29.7 Å². The first-order chi connectivity index (χ1) is 12.3. The molecule has 0 aliphatic rings. The Labute approximate surface area is 151 Å². The standard InChI is InChI=1S/C19H33N3O3/c1-2-3-4-10-15-25-16-11-8-6-5-7-9-13-21-18-12-14-20-17-19(18)22(23)24/h12,14,17H,2-11,13,15-16H2,1H3,(H,20,21). The smallest absolute Gasteiger partial charge is 0.310 e. The molecule has 6 heteroatoms. The fraction of sp³-hybridized carbons (Fsp3) is 0.737. The minimum Gasteiger partial charge on any atom is -0.381 e. The number of nitrogens with zero attached hydrogens (tertiary/aromatic N) is 2. The van der Waals surface area contributed by atoms with Gasteiger partial charge in [-0.05, 0) is 25.3 Å². The number of pyridine rings is 1. The van der Waals surface area contributed by atoms with Crippen molar-refractivity contribution in [3.8, 4) is 0 Å². The van der Waals surface area contributed by atoms with Crippen molar-refractivity contribution in [1.29, 1.82) is 0 Å². The quantitative estimate of drug-likeness (QED) is 0.247. The largest absolute Gasteiger partial charge is 0.381 e. The first-order valence-corrected chi connectivity index (χ1v) is 9.65. The maximum Gasteiger partial charge on any atom is 0.310 e. The summed E-state index contributed by atoms with van der Waals surface area (Å²) in [6, 6.07) is 1.65. The zero-order chi connectivity index (χ0) is 18.2. The predicted molar refractivity (Wildman–Crippen MR) is 102 cm³/mol. The van der Waals surface area contributed by atoms with Gasteiger partial charge in [-0.15, -0.1) is 0 Å². The normalized spacial score (nSPS) is 10.8. The minimum absolute atomic E-state index is 0.0391. The number of ether oxygens (including phenoxy) is 1. The number of nitrogens with one attached hydrogen (secondary N) is 1. The number of unbranched alkanes of at least 4 members (excludes halogenated alkanes) is 8. The molecule has 0 aliphatic heterocycles. The molecule has 0 saturated carbocycles. The molecule has 0 unspecified atom stereocenters. The molecule has 1 N–H and O–H groups in total. The molecule has 1 rings (SSSR count). The highest BCUT2D eigenvalue weighted by Gasteiger charge is 2.11. The van der Waals surface area contributed by atoms with E-state index in [1.54, 1.807) is 12.3 Å². The summed E-state index contributed by atoms with van der Waals surface area (Å²) in [6.07, 6.45) is 14.9. The van der Waals surface area contributed by atoms with Crippen LogP contribution in [0.4, 0.5) is 11.4 Å². The Morgan fingerprint density at radius 3 is 2.36 bits per heavy atom. The molecule has 25 heavy (non-hydrogen) atoms. The molecule has 0 atom stereocenters. The summed E-state index contributed by atoms with van der Waals surface area (Å²) in [4.78, 5) is 14.3. The third-order valence-electron chi connectivity index (χ3n) is 4.17. The Balaban J connectivity index is 1.90. The van der Waals surface area contributed by atoms with Gasteiger partial charge in [-0.2, -0.15) is 0 Å². The third kappa shape index (κ3) is 10.7. The molecule has 142 valence electrons. The van der Waals surface area contributed by atoms with E-state index in [-0.39, 0.29) is 5.69 Å². The van der Waals surface area contributed by atoms with Gasteiger partial charge in [0.15, 0.2) is 0 Å². The molecule has 0 bridgehead atoms. The highest BCUT2D eigenvalue weighted by molar-refractivity contribution is 5.59. The van der Waals surface area contributed by atoms with Gasteiger partial charge in [0.1, 0.15) is 11.9 Å². The number of hydrogen-bond acceptors (Lipinski definition) is 5. The van der Waals surface area contributed by atoms with E-state index in [1.807, 2.05) is 0 Å². The summed E-state index contributed by atoms with van der Waals surface area (Å²) in [6.45, 7) is 4.78. The minimum atomic E-state index is -0.402. The van der Waals surface area contributed by atoms with Gasteiger partial charge >= 0.3 is 5.69 Å². The molecule has 0 spiro atoms. The van der Waals surface area contributed by atoms with E-state index in [1.165, 1.54) is 51.1 Å². The van der Waals surface area contributed by atoms with E-state index < -0.39 is 4.92 Å². The average Bonchev–Trinajstić information content (AvgIpc) is 2.62. The number of nitro groups is 1. The van der Waals surface area contributed by atoms with Gasteiger partial charge in [0.2, 0.25) is 0 Å². The molecular formula is C19H33N3O3. The zero-order valence-corrected chi connectivity index (χ0v) is 15.5. The predicted octanol–water partition coefficient (Wildman–Crippen LogP) is 5.34. The van der Waals surface area contributed by atoms with E-state index in [2.05, 4.69) is 17.2 Å². The summed E-state index contributed by atoms with van der Waals surface area (Å²) < 4.78 is 5.63. The van der Waals surface area contributed by atoms with E-state index in [0.717, 1.165) is 39.0 Å². The molecule has 0 aliphatic carbocycles. The molecule has 1 aromatic heterocycles. The molecule has 0 saturated heterocycles. The maximum atomic E-state index is 10.9. The topological polar surface area (TPSA) is 77.3 Å². The number of aromatic nitrogens is 1. The summed E-state index contributed by atoms with van der Waals surface area (Å²) in [5.74, 6) is 0. The van der Waals surface area contributed by atoms with Crippen LogP contribution in [0, 0.1) is 10.1 Å². The van der Waals surface area contributed by atoms with E-state index in [9.17, 15) is 10.1 Å². The Morgan fingerprint density at radius 1 is 1.04 bits per heavy atom. The molecule has 0 radical (unpaired) electrons. The van der Waals surface area contributed by atoms with Crippen LogP contribution in [0.5, 0.6) is 0 Å². The summed E-state index contributed by atoms with van der Waals surface area (Å²) in [5.41, 5.74) is 0.591. The summed E-state index contributed by atoms with van der Waals surface area (Å²) in [5, 5.41) is 14.0. The number of anilines is 1. The van der Waals surface area contributed by atoms with Crippen LogP contribution in [-0.2, 0) is 4.74 Å². The first-order valence-electron chi connectivity index (χ1n) is 9.65. The van der Waals surface area contributed by atoms with Crippen molar-refractivity contribution in [1.82, 2.24) is 4.98 Å². The lowest BCUT2D eigenvalue weighted by Crippen LogP contribution is -2.04. The fourth-order valence-corrected chi connectivity index (χ4v) is 2.67. The van der Waals surface area contributed by atoms with Gasteiger partial charge in [-0.1, -0.05) is 51.9 Å². The summed E-state index contributed by atoms with van der Waals surface area (Å²) in [7, 11) is 0. The van der Waals surface area contributed by atoms with Crippen molar-refractivity contribution in [2.45, 2.75) is 71.1 Å². The van der Waals surface area contributed by atoms with E-state index in [4.69, 9.17) is 4.74 Å². The van der Waals surface area contributed by atoms with Gasteiger partial charge in [0.25, 0.3) is 0 Å². The fourth-order valence-electron chi connectivity index (χ4n) is 2.67. The number of hydrogen-bond donors (Lipinski definition) is 1. The van der Waals surface area contributed by atoms with Crippen molar-refractivity contribution in [3.63, 3.8) is 0 Å². The van der Waals surface area contributed by atoms with Gasteiger partial charge < -0.3 is 10.1 Å². The van der Waals surface area contributed by atoms with Crippen LogP contribution in [0.2, 0.25) is 0 Å². The molecule has 1 aromatic rings. The SMILES string of the molecule is CCCCCCOCCCCCCCCNc1ccncc1[N+](=O)[O-]. The second-order valence-electron chi connectivity index (χ2n) is 6.37. The van der Waals surface area contributed by atoms with Gasteiger partial charge in [0, 0.05) is 26.0 Å². The van der Waals surface area contributed by atoms with Crippen LogP contribution >= 0.6 is 0 Å². The Kier molecular flexibility index (Phi) is 12.5. The van der Waals surface area contributed by atoms with Crippen molar-refractivity contribution < 1.29 is 9.66 Å². The van der Waals surface area contributed by atoms with Crippen LogP contribution < -0.4 is 5.32 Å². The Hall–Kier alpha value is -1.69. The maximum absolute atomic E-state index is 10.9. The highest BCUT2D eigenvalue weighted by Crippen LogP contribution is 2.21. The third-order valence-corrected chi connectivity index (χ3v) is 4.17. The lowest BCUT2D eigenvalue weighted by Gasteiger charge is -2.07. The Morgan fingerprint density at radius 2 is 1.68 bits per heavy atom. The van der Waals surface area contributed by atoms with Crippen LogP contribution in [0.3, 0.4) is 0 Å². The second kappa shape index (κ2) is 14.6. The van der Waals surface area contributed by atoms with Gasteiger partial charge in [-0.3, -0.25) is 15.1 Å². The van der Waals surface area contributed by atoms with Gasteiger partial charge in [-0.25, -0.2) is 0 Å². The molecule has 6 nitrogen and oxygen atoms in total. The first kappa shape index (κ1) is 21.4. The molecular weight excluding hydrogens is 318 g/mol. The van der Waals surface area contributed by atoms with Crippen LogP contribution in [0.25, 0.3) is 0 Å². The molecule has 1 heterocycles. The molecule has 0 fully saturated rings. The zero-order valence-electron chi connectivity index (χ0n) is 15.5. The monoisotopic (exact) mass is 351 g/mol. The lowest BCUT2D eigenvalue weighted by atomic mass is 10.1. The number of rotatable bonds is 16. The van der Waals surface area contributed by atoms with Crippen molar-refractivity contribution >= 4 is 11.4 Å². The van der Waals surface area contributed by atoms with E-state index in [0.29, 0.717) is 5.69 Å². The van der Waals surface area contributed by atoms with Crippen LogP contribution in [0.15, 0.2) is 18.5 Å².